The highest BCUT2D eigenvalue weighted by Gasteiger charge is 2.39. The first-order chi connectivity index (χ1) is 14.1. The molecule has 0 amide bonds. The minimum atomic E-state index is -4.99. The van der Waals surface area contributed by atoms with Crippen molar-refractivity contribution < 1.29 is 30.4 Å². The van der Waals surface area contributed by atoms with Crippen LogP contribution >= 0.6 is 0 Å². The van der Waals surface area contributed by atoms with E-state index in [1.54, 1.807) is 24.3 Å². The maximum absolute atomic E-state index is 14.0. The highest BCUT2D eigenvalue weighted by molar-refractivity contribution is 7.89. The van der Waals surface area contributed by atoms with Crippen LogP contribution in [0.2, 0.25) is 0 Å². The lowest BCUT2D eigenvalue weighted by Crippen LogP contribution is -2.41. The normalized spacial score (nSPS) is 16.4. The smallest absolute Gasteiger partial charge is 0.306 e. The van der Waals surface area contributed by atoms with Gasteiger partial charge < -0.3 is 4.98 Å². The first kappa shape index (κ1) is 20.5. The van der Waals surface area contributed by atoms with Crippen molar-refractivity contribution in [2.75, 3.05) is 13.1 Å². The molecule has 1 aliphatic heterocycles. The Labute approximate surface area is 166 Å². The zero-order valence-electron chi connectivity index (χ0n) is 15.1. The van der Waals surface area contributed by atoms with Crippen LogP contribution in [0.1, 0.15) is 18.9 Å². The number of H-pyrrole nitrogens is 1. The van der Waals surface area contributed by atoms with Crippen LogP contribution in [0.25, 0.3) is 11.0 Å². The number of rotatable bonds is 3. The summed E-state index contributed by atoms with van der Waals surface area (Å²) in [5.74, 6) is -11.9. The fraction of sp³-hybridized carbons (Fsp3) is 0.278. The monoisotopic (exact) mass is 447 g/mol. The number of aromatic amines is 1. The van der Waals surface area contributed by atoms with Crippen molar-refractivity contribution in [1.29, 1.82) is 0 Å². The van der Waals surface area contributed by atoms with E-state index in [9.17, 15) is 35.2 Å². The standard InChI is InChI=1S/C18H14F5N3O3S/c19-12-13(20)15(22)17(16(23)14(12)21)30(28,29)25-7-5-9(6-8-25)26-11-4-2-1-3-10(11)24-18(26)27/h1-4,9H,5-8H2,(H,24,27). The molecule has 1 aromatic heterocycles. The van der Waals surface area contributed by atoms with Gasteiger partial charge in [-0.25, -0.2) is 35.2 Å². The fourth-order valence-electron chi connectivity index (χ4n) is 3.72. The topological polar surface area (TPSA) is 75.2 Å². The quantitative estimate of drug-likeness (QED) is 0.381. The Morgan fingerprint density at radius 1 is 0.867 bits per heavy atom. The molecule has 4 rings (SSSR count). The number of imidazole rings is 1. The number of nitrogens with one attached hydrogen (secondary N) is 1. The molecular weight excluding hydrogens is 433 g/mol. The average Bonchev–Trinajstić information content (AvgIpc) is 3.06. The van der Waals surface area contributed by atoms with Crippen molar-refractivity contribution in [3.8, 4) is 0 Å². The number of halogens is 5. The molecule has 0 bridgehead atoms. The molecule has 30 heavy (non-hydrogen) atoms. The third-order valence-corrected chi connectivity index (χ3v) is 7.10. The van der Waals surface area contributed by atoms with E-state index in [0.29, 0.717) is 15.3 Å². The predicted molar refractivity (Wildman–Crippen MR) is 95.8 cm³/mol. The van der Waals surface area contributed by atoms with Crippen molar-refractivity contribution in [1.82, 2.24) is 13.9 Å². The van der Waals surface area contributed by atoms with Crippen molar-refractivity contribution in [3.63, 3.8) is 0 Å². The molecule has 0 radical (unpaired) electrons. The van der Waals surface area contributed by atoms with Crippen molar-refractivity contribution in [2.45, 2.75) is 23.8 Å². The van der Waals surface area contributed by atoms with E-state index in [2.05, 4.69) is 4.98 Å². The molecule has 0 atom stereocenters. The number of benzene rings is 2. The second-order valence-electron chi connectivity index (χ2n) is 6.85. The van der Waals surface area contributed by atoms with Crippen molar-refractivity contribution >= 4 is 21.1 Å². The Bertz CT molecular complexity index is 1280. The highest BCUT2D eigenvalue weighted by Crippen LogP contribution is 2.32. The largest absolute Gasteiger partial charge is 0.326 e. The number of sulfonamides is 1. The third kappa shape index (κ3) is 3.01. The van der Waals surface area contributed by atoms with Gasteiger partial charge in [0.25, 0.3) is 0 Å². The SMILES string of the molecule is O=c1[nH]c2ccccc2n1C1CCN(S(=O)(=O)c2c(F)c(F)c(F)c(F)c2F)CC1. The Morgan fingerprint density at radius 2 is 1.40 bits per heavy atom. The summed E-state index contributed by atoms with van der Waals surface area (Å²) in [5.41, 5.74) is 0.819. The van der Waals surface area contributed by atoms with Crippen LogP contribution in [0.4, 0.5) is 22.0 Å². The van der Waals surface area contributed by atoms with E-state index in [1.807, 2.05) is 0 Å². The van der Waals surface area contributed by atoms with Crippen molar-refractivity contribution in [3.05, 3.63) is 63.8 Å². The number of para-hydroxylation sites is 2. The Morgan fingerprint density at radius 3 is 2.00 bits per heavy atom. The van der Waals surface area contributed by atoms with Gasteiger partial charge in [0.15, 0.2) is 28.2 Å². The predicted octanol–water partition coefficient (Wildman–Crippen LogP) is 3.05. The summed E-state index contributed by atoms with van der Waals surface area (Å²) in [6.45, 7) is -0.531. The lowest BCUT2D eigenvalue weighted by molar-refractivity contribution is 0.271. The average molecular weight is 447 g/mol. The summed E-state index contributed by atoms with van der Waals surface area (Å²) in [4.78, 5) is 13.1. The van der Waals surface area contributed by atoms with Gasteiger partial charge in [-0.05, 0) is 25.0 Å². The van der Waals surface area contributed by atoms with E-state index in [4.69, 9.17) is 0 Å². The van der Waals surface area contributed by atoms with Crippen molar-refractivity contribution in [2.24, 2.45) is 0 Å². The number of hydrogen-bond donors (Lipinski definition) is 1. The molecule has 3 aromatic rings. The second-order valence-corrected chi connectivity index (χ2v) is 8.73. The fourth-order valence-corrected chi connectivity index (χ4v) is 5.30. The van der Waals surface area contributed by atoms with Gasteiger partial charge in [-0.1, -0.05) is 12.1 Å². The molecule has 12 heteroatoms. The Kier molecular flexibility index (Phi) is 4.93. The lowest BCUT2D eigenvalue weighted by atomic mass is 10.1. The summed E-state index contributed by atoms with van der Waals surface area (Å²) in [7, 11) is -4.99. The van der Waals surface area contributed by atoms with Crippen LogP contribution in [0.3, 0.4) is 0 Å². The van der Waals surface area contributed by atoms with Gasteiger partial charge in [-0.15, -0.1) is 0 Å². The van der Waals surface area contributed by atoms with Gasteiger partial charge in [0.2, 0.25) is 15.8 Å². The van der Waals surface area contributed by atoms with Crippen LogP contribution in [0.15, 0.2) is 34.0 Å². The summed E-state index contributed by atoms with van der Waals surface area (Å²) in [6, 6.07) is 6.48. The first-order valence-electron chi connectivity index (χ1n) is 8.85. The number of piperidine rings is 1. The first-order valence-corrected chi connectivity index (χ1v) is 10.3. The third-order valence-electron chi connectivity index (χ3n) is 5.18. The molecule has 1 fully saturated rings. The molecule has 0 unspecified atom stereocenters. The molecule has 1 saturated heterocycles. The molecule has 6 nitrogen and oxygen atoms in total. The van der Waals surface area contributed by atoms with Gasteiger partial charge in [-0.2, -0.15) is 4.31 Å². The van der Waals surface area contributed by atoms with Gasteiger partial charge in [0, 0.05) is 19.1 Å². The number of aromatic nitrogens is 2. The van der Waals surface area contributed by atoms with E-state index in [-0.39, 0.29) is 25.9 Å². The summed E-state index contributed by atoms with van der Waals surface area (Å²) in [6.07, 6.45) is 0.215. The summed E-state index contributed by atoms with van der Waals surface area (Å²) in [5, 5.41) is 0. The Balaban J connectivity index is 1.65. The molecule has 0 saturated carbocycles. The number of fused-ring (bicyclic) bond motifs is 1. The molecule has 0 aliphatic carbocycles. The molecule has 1 N–H and O–H groups in total. The zero-order valence-corrected chi connectivity index (χ0v) is 15.9. The maximum Gasteiger partial charge on any atom is 0.326 e. The number of nitrogens with zero attached hydrogens (tertiary/aromatic N) is 2. The highest BCUT2D eigenvalue weighted by atomic mass is 32.2. The van der Waals surface area contributed by atoms with E-state index in [0.717, 1.165) is 0 Å². The minimum Gasteiger partial charge on any atom is -0.306 e. The second kappa shape index (κ2) is 7.20. The lowest BCUT2D eigenvalue weighted by Gasteiger charge is -2.32. The molecular formula is C18H14F5N3O3S. The Hall–Kier alpha value is -2.73. The van der Waals surface area contributed by atoms with Crippen LogP contribution in [0, 0.1) is 29.1 Å². The van der Waals surface area contributed by atoms with Gasteiger partial charge in [0.1, 0.15) is 0 Å². The number of hydrogen-bond acceptors (Lipinski definition) is 3. The van der Waals surface area contributed by atoms with E-state index >= 15 is 0 Å². The van der Waals surface area contributed by atoms with Crippen LogP contribution in [0.5, 0.6) is 0 Å². The molecule has 2 aromatic carbocycles. The summed E-state index contributed by atoms with van der Waals surface area (Å²) < 4.78 is 95.5. The van der Waals surface area contributed by atoms with Crippen LogP contribution < -0.4 is 5.69 Å². The molecule has 0 spiro atoms. The zero-order chi connectivity index (χ0) is 21.8. The molecule has 160 valence electrons. The van der Waals surface area contributed by atoms with Crippen LogP contribution in [-0.2, 0) is 10.0 Å². The maximum atomic E-state index is 14.0. The van der Waals surface area contributed by atoms with Crippen LogP contribution in [-0.4, -0.2) is 35.4 Å². The summed E-state index contributed by atoms with van der Waals surface area (Å²) >= 11 is 0. The minimum absolute atomic E-state index is 0.108. The van der Waals surface area contributed by atoms with E-state index in [1.165, 1.54) is 4.57 Å². The van der Waals surface area contributed by atoms with Gasteiger partial charge in [0.05, 0.1) is 11.0 Å². The molecule has 2 heterocycles. The van der Waals surface area contributed by atoms with Gasteiger partial charge in [-0.3, -0.25) is 4.57 Å². The van der Waals surface area contributed by atoms with E-state index < -0.39 is 55.7 Å². The van der Waals surface area contributed by atoms with Gasteiger partial charge >= 0.3 is 5.69 Å². The molecule has 1 aliphatic rings.